The van der Waals surface area contributed by atoms with Crippen LogP contribution in [0.4, 0.5) is 39.8 Å². The van der Waals surface area contributed by atoms with Crippen LogP contribution in [0.5, 0.6) is 0 Å². The van der Waals surface area contributed by atoms with E-state index in [1.807, 2.05) is 0 Å². The fourth-order valence-electron chi connectivity index (χ4n) is 15.7. The molecule has 2 aliphatic carbocycles. The third-order valence-electron chi connectivity index (χ3n) is 20.5. The second-order valence-electron chi connectivity index (χ2n) is 27.7. The summed E-state index contributed by atoms with van der Waals surface area (Å²) >= 11 is 0. The van der Waals surface area contributed by atoms with Crippen LogP contribution in [-0.2, 0) is 27.1 Å². The molecular weight excluding hydrogens is 910 g/mol. The third kappa shape index (κ3) is 6.19. The summed E-state index contributed by atoms with van der Waals surface area (Å²) in [6.45, 7) is 30.5. The van der Waals surface area contributed by atoms with Gasteiger partial charge in [0.2, 0.25) is 0 Å². The van der Waals surface area contributed by atoms with Crippen molar-refractivity contribution in [3.8, 4) is 11.1 Å². The molecule has 0 spiro atoms. The molecule has 14 rings (SSSR count). The minimum absolute atomic E-state index is 0.0392. The van der Waals surface area contributed by atoms with Crippen LogP contribution >= 0.6 is 0 Å². The fourth-order valence-corrected chi connectivity index (χ4v) is 15.7. The Hall–Kier alpha value is -6.20. The lowest BCUT2D eigenvalue weighted by Gasteiger charge is -2.53. The summed E-state index contributed by atoms with van der Waals surface area (Å²) in [5.74, 6) is 0. The summed E-state index contributed by atoms with van der Waals surface area (Å²) in [7, 11) is 0. The van der Waals surface area contributed by atoms with E-state index in [4.69, 9.17) is 5.79 Å². The molecule has 7 aromatic carbocycles. The van der Waals surface area contributed by atoms with Gasteiger partial charge in [-0.25, -0.2) is 0 Å². The summed E-state index contributed by atoms with van der Waals surface area (Å²) in [6.07, 6.45) is 8.17. The van der Waals surface area contributed by atoms with Gasteiger partial charge in [-0.1, -0.05) is 187 Å². The molecular formula is C70H76BN3O. The number of furan rings is 1. The minimum atomic E-state index is -0.564. The second kappa shape index (κ2) is 15.3. The topological polar surface area (TPSA) is 22.9 Å². The van der Waals surface area contributed by atoms with Gasteiger partial charge in [0.05, 0.1) is 27.9 Å². The van der Waals surface area contributed by atoms with Crippen LogP contribution in [0.25, 0.3) is 33.1 Å². The number of para-hydroxylation sites is 1. The largest absolute Gasteiger partial charge is 0.454 e. The van der Waals surface area contributed by atoms with Crippen molar-refractivity contribution >= 4 is 84.9 Å². The first-order chi connectivity index (χ1) is 37.2. The number of benzene rings is 7. The zero-order chi connectivity index (χ0) is 55.6. The normalized spacial score (nSPS) is 25.3. The van der Waals surface area contributed by atoms with Gasteiger partial charge in [0, 0.05) is 55.6 Å². The first-order valence-corrected chi connectivity index (χ1v) is 28.3. The Bertz CT molecular complexity index is 3970. The van der Waals surface area contributed by atoms with Gasteiger partial charge in [0.15, 0.2) is 5.58 Å². The lowest BCUT2D eigenvalue weighted by Crippen LogP contribution is -2.64. The minimum Gasteiger partial charge on any atom is -0.454 e. The molecule has 4 nitrogen and oxygen atoms in total. The van der Waals surface area contributed by atoms with E-state index in [-0.39, 0.29) is 58.1 Å². The van der Waals surface area contributed by atoms with Gasteiger partial charge < -0.3 is 19.1 Å². The number of hydrogen-bond donors (Lipinski definition) is 0. The molecule has 0 saturated heterocycles. The summed E-state index contributed by atoms with van der Waals surface area (Å²) in [4.78, 5) is 7.82. The molecule has 0 radical (unpaired) electrons. The highest BCUT2D eigenvalue weighted by molar-refractivity contribution is 7.00. The Balaban J connectivity index is 1.19. The molecule has 2 saturated carbocycles. The van der Waals surface area contributed by atoms with Gasteiger partial charge in [-0.3, -0.25) is 0 Å². The van der Waals surface area contributed by atoms with E-state index in [9.17, 15) is 4.11 Å². The van der Waals surface area contributed by atoms with Crippen molar-refractivity contribution in [1.29, 1.82) is 0 Å². The smallest absolute Gasteiger partial charge is 0.252 e. The molecule has 0 bridgehead atoms. The van der Waals surface area contributed by atoms with Gasteiger partial charge in [-0.2, -0.15) is 0 Å². The summed E-state index contributed by atoms with van der Waals surface area (Å²) in [5, 5.41) is 2.20. The van der Waals surface area contributed by atoms with Gasteiger partial charge >= 0.3 is 0 Å². The Labute approximate surface area is 453 Å². The molecule has 5 heteroatoms. The van der Waals surface area contributed by atoms with Crippen LogP contribution in [0.15, 0.2) is 132 Å². The Morgan fingerprint density at radius 3 is 1.85 bits per heavy atom. The maximum Gasteiger partial charge on any atom is 0.252 e. The van der Waals surface area contributed by atoms with Crippen molar-refractivity contribution in [2.24, 2.45) is 0 Å². The number of anilines is 7. The number of fused-ring (bicyclic) bond motifs is 14. The average Bonchev–Trinajstić information content (AvgIpc) is 2.14. The predicted octanol–water partition coefficient (Wildman–Crippen LogP) is 17.2. The van der Waals surface area contributed by atoms with E-state index in [2.05, 4.69) is 208 Å². The number of rotatable bonds is 3. The molecule has 75 heavy (non-hydrogen) atoms. The van der Waals surface area contributed by atoms with E-state index in [0.29, 0.717) is 5.69 Å². The van der Waals surface area contributed by atoms with Crippen LogP contribution in [0.2, 0.25) is 0 Å². The lowest BCUT2D eigenvalue weighted by atomic mass is 9.33. The molecule has 4 unspecified atom stereocenters. The predicted molar refractivity (Wildman–Crippen MR) is 320 cm³/mol. The SMILES string of the molecule is [2H]c1c([2H])c([2H])c2c(c1[2H])N(c1cc3c4c(c1)N1c5c(cc(C(C)(C)C)cc5C5(C)CCCCC15C)B4c1ccc4c(oc5ccc(C(C)(C)C)cc54)c1N3c1ccc(C(C)(C)C)cc1-c1ccccc1)C1(C)CCCCC21C. The first-order valence-electron chi connectivity index (χ1n) is 30.3. The van der Waals surface area contributed by atoms with E-state index in [1.165, 1.54) is 56.4 Å². The van der Waals surface area contributed by atoms with Crippen molar-refractivity contribution < 1.29 is 9.90 Å². The standard InChI is InChI=1S/C70H76BN3O/c1-64(2,3)44-27-31-55(49(37-44)43-23-15-14-16-24-43)72-57-41-47(73-56-26-18-17-25-51(56)67(10)33-19-21-35-69(67,73)12)42-58-60(57)71(53-30-29-48-50-38-45(65(4,5)6)28-32-59(50)75-63(48)62(53)72)54-40-46(66(7,8)9)39-52-61(54)74(58)70(13)36-22-20-34-68(52,70)11/h14-18,23-32,37-42H,19-22,33-36H2,1-13H3/i17D,18D,25D,26D. The summed E-state index contributed by atoms with van der Waals surface area (Å²) in [5.41, 5.74) is 19.4. The van der Waals surface area contributed by atoms with Crippen LogP contribution in [-0.4, -0.2) is 17.8 Å². The van der Waals surface area contributed by atoms with Crippen molar-refractivity contribution in [2.45, 2.75) is 180 Å². The maximum atomic E-state index is 9.97. The van der Waals surface area contributed by atoms with E-state index in [0.717, 1.165) is 106 Å². The van der Waals surface area contributed by atoms with E-state index < -0.39 is 11.0 Å². The third-order valence-corrected chi connectivity index (χ3v) is 20.5. The molecule has 1 aromatic heterocycles. The van der Waals surface area contributed by atoms with Crippen molar-refractivity contribution in [1.82, 2.24) is 0 Å². The van der Waals surface area contributed by atoms with Gasteiger partial charge in [-0.15, -0.1) is 0 Å². The Morgan fingerprint density at radius 1 is 0.520 bits per heavy atom. The first kappa shape index (κ1) is 43.0. The summed E-state index contributed by atoms with van der Waals surface area (Å²) < 4.78 is 45.7. The fraction of sp³-hybridized carbons (Fsp3) is 0.400. The van der Waals surface area contributed by atoms with Crippen LogP contribution in [0, 0.1) is 0 Å². The lowest BCUT2D eigenvalue weighted by molar-refractivity contribution is 0.194. The van der Waals surface area contributed by atoms with Crippen LogP contribution in [0.3, 0.4) is 0 Å². The molecule has 4 aliphatic heterocycles. The van der Waals surface area contributed by atoms with Crippen LogP contribution < -0.4 is 31.1 Å². The van der Waals surface area contributed by atoms with Gasteiger partial charge in [-0.05, 0) is 148 Å². The van der Waals surface area contributed by atoms with E-state index >= 15 is 0 Å². The monoisotopic (exact) mass is 990 g/mol. The zero-order valence-corrected chi connectivity index (χ0v) is 46.8. The number of hydrogen-bond acceptors (Lipinski definition) is 4. The zero-order valence-electron chi connectivity index (χ0n) is 50.8. The highest BCUT2D eigenvalue weighted by atomic mass is 16.3. The van der Waals surface area contributed by atoms with Gasteiger partial charge in [0.25, 0.3) is 6.71 Å². The molecule has 4 atom stereocenters. The van der Waals surface area contributed by atoms with E-state index in [1.54, 1.807) is 0 Å². The second-order valence-corrected chi connectivity index (χ2v) is 27.7. The quantitative estimate of drug-likeness (QED) is 0.165. The molecule has 380 valence electrons. The molecule has 0 amide bonds. The molecule has 8 aromatic rings. The Kier molecular flexibility index (Phi) is 8.74. The summed E-state index contributed by atoms with van der Waals surface area (Å²) in [6, 6.07) is 39.5. The molecule has 6 aliphatic rings. The highest BCUT2D eigenvalue weighted by Crippen LogP contribution is 2.65. The van der Waals surface area contributed by atoms with Gasteiger partial charge in [0.1, 0.15) is 5.58 Å². The van der Waals surface area contributed by atoms with Crippen LogP contribution in [0.1, 0.15) is 175 Å². The molecule has 5 heterocycles. The van der Waals surface area contributed by atoms with Crippen molar-refractivity contribution in [3.05, 3.63) is 155 Å². The molecule has 2 fully saturated rings. The Morgan fingerprint density at radius 2 is 1.15 bits per heavy atom. The highest BCUT2D eigenvalue weighted by Gasteiger charge is 2.63. The number of nitrogens with zero attached hydrogens (tertiary/aromatic N) is 3. The average molecular weight is 990 g/mol. The maximum absolute atomic E-state index is 9.97. The van der Waals surface area contributed by atoms with Crippen molar-refractivity contribution in [2.75, 3.05) is 14.7 Å². The molecule has 0 N–H and O–H groups in total. The van der Waals surface area contributed by atoms with Crippen molar-refractivity contribution in [3.63, 3.8) is 0 Å².